The molecule has 0 aliphatic heterocycles. The molecule has 0 aliphatic rings. The number of benzene rings is 1. The first kappa shape index (κ1) is 12.4. The van der Waals surface area contributed by atoms with Gasteiger partial charge in [-0.2, -0.15) is 0 Å². The molecule has 0 fully saturated rings. The van der Waals surface area contributed by atoms with Crippen molar-refractivity contribution in [3.8, 4) is 0 Å². The summed E-state index contributed by atoms with van der Waals surface area (Å²) in [4.78, 5) is 14.6. The molecule has 1 heterocycles. The van der Waals surface area contributed by atoms with Gasteiger partial charge < -0.3 is 19.9 Å². The molecule has 1 unspecified atom stereocenters. The number of hydrogen-bond acceptors (Lipinski definition) is 5. The summed E-state index contributed by atoms with van der Waals surface area (Å²) in [5, 5.41) is 20.9. The van der Waals surface area contributed by atoms with E-state index in [-0.39, 0.29) is 13.0 Å². The highest BCUT2D eigenvalue weighted by Crippen LogP contribution is 2.19. The number of aliphatic carboxylic acids is 1. The number of carboxylic acid groups (broad SMARTS) is 1. The summed E-state index contributed by atoms with van der Waals surface area (Å²) in [6.45, 7) is 1.94. The van der Waals surface area contributed by atoms with E-state index in [2.05, 4.69) is 10.3 Å². The van der Waals surface area contributed by atoms with Crippen molar-refractivity contribution in [1.29, 1.82) is 0 Å². The predicted octanol–water partition coefficient (Wildman–Crippen LogP) is 1.38. The van der Waals surface area contributed by atoms with Crippen molar-refractivity contribution in [3.05, 3.63) is 24.1 Å². The quantitative estimate of drug-likeness (QED) is 0.742. The summed E-state index contributed by atoms with van der Waals surface area (Å²) in [5.74, 6) is -0.431. The van der Waals surface area contributed by atoms with Crippen LogP contribution in [0.5, 0.6) is 0 Å². The van der Waals surface area contributed by atoms with Crippen LogP contribution in [0.15, 0.2) is 22.6 Å². The highest BCUT2D eigenvalue weighted by molar-refractivity contribution is 5.77. The van der Waals surface area contributed by atoms with Crippen molar-refractivity contribution < 1.29 is 19.4 Å². The van der Waals surface area contributed by atoms with Gasteiger partial charge >= 0.3 is 5.97 Å². The lowest BCUT2D eigenvalue weighted by Gasteiger charge is -2.10. The second-order valence-corrected chi connectivity index (χ2v) is 4.05. The van der Waals surface area contributed by atoms with Gasteiger partial charge in [-0.05, 0) is 18.2 Å². The molecule has 2 rings (SSSR count). The molecule has 2 aromatic rings. The summed E-state index contributed by atoms with van der Waals surface area (Å²) in [7, 11) is 0. The first-order valence-corrected chi connectivity index (χ1v) is 5.55. The van der Waals surface area contributed by atoms with Crippen LogP contribution in [0, 0.1) is 6.92 Å². The molecule has 6 nitrogen and oxygen atoms in total. The minimum Gasteiger partial charge on any atom is -0.481 e. The molecule has 0 aliphatic carbocycles. The number of aromatic nitrogens is 1. The van der Waals surface area contributed by atoms with Crippen molar-refractivity contribution in [3.63, 3.8) is 0 Å². The Labute approximate surface area is 103 Å². The monoisotopic (exact) mass is 250 g/mol. The van der Waals surface area contributed by atoms with Crippen LogP contribution in [-0.4, -0.2) is 33.8 Å². The van der Waals surface area contributed by atoms with Crippen LogP contribution < -0.4 is 5.32 Å². The van der Waals surface area contributed by atoms with Crippen molar-refractivity contribution in [1.82, 2.24) is 4.98 Å². The van der Waals surface area contributed by atoms with Gasteiger partial charge in [0.05, 0.1) is 12.5 Å². The lowest BCUT2D eigenvalue weighted by molar-refractivity contribution is -0.138. The van der Waals surface area contributed by atoms with Gasteiger partial charge in [0, 0.05) is 19.2 Å². The van der Waals surface area contributed by atoms with E-state index in [0.717, 1.165) is 11.2 Å². The zero-order chi connectivity index (χ0) is 13.1. The van der Waals surface area contributed by atoms with Crippen LogP contribution in [0.4, 0.5) is 5.69 Å². The number of aliphatic hydroxyl groups is 1. The number of carbonyl (C=O) groups is 1. The highest BCUT2D eigenvalue weighted by Gasteiger charge is 2.09. The number of nitrogens with zero attached hydrogens (tertiary/aromatic N) is 1. The van der Waals surface area contributed by atoms with Crippen LogP contribution in [0.25, 0.3) is 11.1 Å². The molecule has 0 spiro atoms. The molecular formula is C12H14N2O4. The largest absolute Gasteiger partial charge is 0.481 e. The summed E-state index contributed by atoms with van der Waals surface area (Å²) in [5.41, 5.74) is 2.19. The first-order chi connectivity index (χ1) is 8.54. The minimum atomic E-state index is -1.02. The number of carboxylic acids is 1. The molecular weight excluding hydrogens is 236 g/mol. The van der Waals surface area contributed by atoms with Crippen LogP contribution in [0.2, 0.25) is 0 Å². The number of nitrogens with one attached hydrogen (secondary N) is 1. The molecule has 6 heteroatoms. The molecule has 18 heavy (non-hydrogen) atoms. The molecule has 0 bridgehead atoms. The van der Waals surface area contributed by atoms with Crippen LogP contribution in [0.1, 0.15) is 12.3 Å². The SMILES string of the molecule is Cc1nc2cc(NCC(O)CC(=O)O)ccc2o1. The Morgan fingerprint density at radius 1 is 1.56 bits per heavy atom. The Kier molecular flexibility index (Phi) is 3.47. The number of oxazole rings is 1. The number of anilines is 1. The smallest absolute Gasteiger partial charge is 0.306 e. The van der Waals surface area contributed by atoms with Gasteiger partial charge in [0.15, 0.2) is 11.5 Å². The van der Waals surface area contributed by atoms with Crippen molar-refractivity contribution in [2.45, 2.75) is 19.4 Å². The Bertz CT molecular complexity index is 564. The van der Waals surface area contributed by atoms with Gasteiger partial charge in [-0.25, -0.2) is 4.98 Å². The molecule has 0 saturated heterocycles. The summed E-state index contributed by atoms with van der Waals surface area (Å²) >= 11 is 0. The second kappa shape index (κ2) is 5.05. The fourth-order valence-corrected chi connectivity index (χ4v) is 1.66. The Hall–Kier alpha value is -2.08. The molecule has 1 aromatic heterocycles. The van der Waals surface area contributed by atoms with E-state index in [1.54, 1.807) is 25.1 Å². The van der Waals surface area contributed by atoms with E-state index in [9.17, 15) is 9.90 Å². The standard InChI is InChI=1S/C12H14N2O4/c1-7-14-10-4-8(2-3-11(10)18-7)13-6-9(15)5-12(16)17/h2-4,9,13,15H,5-6H2,1H3,(H,16,17). The third-order valence-electron chi connectivity index (χ3n) is 2.45. The van der Waals surface area contributed by atoms with Gasteiger partial charge in [0.25, 0.3) is 0 Å². The molecule has 3 N–H and O–H groups in total. The Morgan fingerprint density at radius 2 is 2.33 bits per heavy atom. The van der Waals surface area contributed by atoms with E-state index < -0.39 is 12.1 Å². The van der Waals surface area contributed by atoms with Crippen LogP contribution in [0.3, 0.4) is 0 Å². The average Bonchev–Trinajstić information content (AvgIpc) is 2.64. The van der Waals surface area contributed by atoms with Gasteiger partial charge in [0.1, 0.15) is 5.52 Å². The Balaban J connectivity index is 2.01. The lowest BCUT2D eigenvalue weighted by atomic mass is 10.2. The fraction of sp³-hybridized carbons (Fsp3) is 0.333. The fourth-order valence-electron chi connectivity index (χ4n) is 1.66. The zero-order valence-corrected chi connectivity index (χ0v) is 9.88. The van der Waals surface area contributed by atoms with Crippen molar-refractivity contribution in [2.24, 2.45) is 0 Å². The average molecular weight is 250 g/mol. The number of aryl methyl sites for hydroxylation is 1. The van der Waals surface area contributed by atoms with Crippen molar-refractivity contribution in [2.75, 3.05) is 11.9 Å². The number of aliphatic hydroxyl groups excluding tert-OH is 1. The number of hydrogen-bond donors (Lipinski definition) is 3. The number of fused-ring (bicyclic) bond motifs is 1. The summed E-state index contributed by atoms with van der Waals surface area (Å²) in [6, 6.07) is 5.36. The van der Waals surface area contributed by atoms with E-state index in [4.69, 9.17) is 9.52 Å². The second-order valence-electron chi connectivity index (χ2n) is 4.05. The molecule has 96 valence electrons. The topological polar surface area (TPSA) is 95.6 Å². The van der Waals surface area contributed by atoms with Gasteiger partial charge in [-0.1, -0.05) is 0 Å². The van der Waals surface area contributed by atoms with E-state index in [0.29, 0.717) is 11.5 Å². The zero-order valence-electron chi connectivity index (χ0n) is 9.88. The van der Waals surface area contributed by atoms with Crippen LogP contribution >= 0.6 is 0 Å². The summed E-state index contributed by atoms with van der Waals surface area (Å²) < 4.78 is 5.34. The molecule has 1 aromatic carbocycles. The maximum absolute atomic E-state index is 10.4. The maximum Gasteiger partial charge on any atom is 0.306 e. The van der Waals surface area contributed by atoms with Gasteiger partial charge in [-0.3, -0.25) is 4.79 Å². The van der Waals surface area contributed by atoms with E-state index in [1.807, 2.05) is 0 Å². The maximum atomic E-state index is 10.4. The van der Waals surface area contributed by atoms with E-state index >= 15 is 0 Å². The van der Waals surface area contributed by atoms with Crippen molar-refractivity contribution >= 4 is 22.8 Å². The number of rotatable bonds is 5. The lowest BCUT2D eigenvalue weighted by Crippen LogP contribution is -2.22. The van der Waals surface area contributed by atoms with Gasteiger partial charge in [0.2, 0.25) is 0 Å². The highest BCUT2D eigenvalue weighted by atomic mass is 16.4. The third-order valence-corrected chi connectivity index (χ3v) is 2.45. The first-order valence-electron chi connectivity index (χ1n) is 5.55. The molecule has 0 radical (unpaired) electrons. The Morgan fingerprint density at radius 3 is 3.06 bits per heavy atom. The van der Waals surface area contributed by atoms with E-state index in [1.165, 1.54) is 0 Å². The third kappa shape index (κ3) is 2.98. The van der Waals surface area contributed by atoms with Gasteiger partial charge in [-0.15, -0.1) is 0 Å². The van der Waals surface area contributed by atoms with Crippen LogP contribution in [-0.2, 0) is 4.79 Å². The molecule has 0 amide bonds. The summed E-state index contributed by atoms with van der Waals surface area (Å²) in [6.07, 6.45) is -1.20. The molecule has 0 saturated carbocycles. The minimum absolute atomic E-state index is 0.175. The molecule has 1 atom stereocenters. The predicted molar refractivity (Wildman–Crippen MR) is 65.5 cm³/mol. The normalized spacial score (nSPS) is 12.6.